The highest BCUT2D eigenvalue weighted by Gasteiger charge is 2.27. The van der Waals surface area contributed by atoms with Gasteiger partial charge in [-0.2, -0.15) is 0 Å². The first-order valence-corrected chi connectivity index (χ1v) is 18.2. The van der Waals surface area contributed by atoms with Gasteiger partial charge in [0.05, 0.1) is 40.8 Å². The summed E-state index contributed by atoms with van der Waals surface area (Å²) in [7, 11) is 0. The number of benzene rings is 2. The molecule has 4 nitrogen and oxygen atoms in total. The van der Waals surface area contributed by atoms with Gasteiger partial charge in [-0.3, -0.25) is 0 Å². The van der Waals surface area contributed by atoms with Crippen LogP contribution in [0.2, 0.25) is 0 Å². The molecule has 0 bridgehead atoms. The summed E-state index contributed by atoms with van der Waals surface area (Å²) >= 11 is 22.2. The molecule has 2 aromatic carbocycles. The van der Waals surface area contributed by atoms with Crippen LogP contribution < -0.4 is 9.47 Å². The molecule has 0 aliphatic heterocycles. The van der Waals surface area contributed by atoms with Gasteiger partial charge in [0, 0.05) is 18.6 Å². The highest BCUT2D eigenvalue weighted by atomic mass is 79.9. The Labute approximate surface area is 284 Å². The molecule has 10 heteroatoms. The van der Waals surface area contributed by atoms with Crippen molar-refractivity contribution in [1.82, 2.24) is 0 Å². The average Bonchev–Trinajstić information content (AvgIpc) is 2.88. The molecule has 0 amide bonds. The smallest absolute Gasteiger partial charge is 0.147 e. The molecule has 39 heavy (non-hydrogen) atoms. The first-order chi connectivity index (χ1) is 18.5. The van der Waals surface area contributed by atoms with Crippen LogP contribution in [0.15, 0.2) is 42.2 Å². The van der Waals surface area contributed by atoms with Crippen LogP contribution in [0.25, 0.3) is 0 Å². The van der Waals surface area contributed by atoms with E-state index in [1.807, 2.05) is 0 Å². The standard InChI is InChI=1S/C29H38Br6O4/c1-5-7-9-36-15-21(30)17-38-27-23(32)11-19(12-24(27)33)29(3,4)20-13-25(34)28(26(35)14-20)39-18-22(31)16-37-10-8-6-2/h11-14,21-22H,5-10,15-18H2,1-4H3. The molecule has 2 rings (SSSR count). The van der Waals surface area contributed by atoms with Crippen LogP contribution in [0, 0.1) is 0 Å². The summed E-state index contributed by atoms with van der Waals surface area (Å²) in [5.74, 6) is 1.56. The normalized spacial score (nSPS) is 13.4. The number of alkyl halides is 2. The van der Waals surface area contributed by atoms with Gasteiger partial charge in [-0.1, -0.05) is 72.4 Å². The molecule has 0 radical (unpaired) electrons. The molecule has 0 spiro atoms. The molecule has 2 unspecified atom stereocenters. The van der Waals surface area contributed by atoms with Gasteiger partial charge in [-0.25, -0.2) is 0 Å². The summed E-state index contributed by atoms with van der Waals surface area (Å²) in [5.41, 5.74) is 2.00. The number of ether oxygens (including phenoxy) is 4. The zero-order chi connectivity index (χ0) is 29.0. The molecule has 0 aromatic heterocycles. The lowest BCUT2D eigenvalue weighted by Gasteiger charge is -2.28. The number of rotatable bonds is 18. The fraction of sp³-hybridized carbons (Fsp3) is 0.586. The van der Waals surface area contributed by atoms with Gasteiger partial charge in [0.2, 0.25) is 0 Å². The molecular weight excluding hydrogens is 892 g/mol. The maximum absolute atomic E-state index is 6.13. The molecule has 0 heterocycles. The second-order valence-corrected chi connectivity index (χ2v) is 15.8. The molecule has 220 valence electrons. The number of halogens is 6. The molecule has 0 aliphatic carbocycles. The fourth-order valence-corrected chi connectivity index (χ4v) is 7.11. The molecule has 0 fully saturated rings. The average molecular weight is 930 g/mol. The van der Waals surface area contributed by atoms with Crippen LogP contribution >= 0.6 is 95.6 Å². The van der Waals surface area contributed by atoms with Gasteiger partial charge in [0.15, 0.2) is 0 Å². The first kappa shape index (κ1) is 36.0. The monoisotopic (exact) mass is 924 g/mol. The molecular formula is C29H38Br6O4. The lowest BCUT2D eigenvalue weighted by Crippen LogP contribution is -2.21. The Balaban J connectivity index is 2.09. The molecule has 0 N–H and O–H groups in total. The Kier molecular flexibility index (Phi) is 17.1. The predicted molar refractivity (Wildman–Crippen MR) is 184 cm³/mol. The van der Waals surface area contributed by atoms with Gasteiger partial charge in [0.1, 0.15) is 24.7 Å². The summed E-state index contributed by atoms with van der Waals surface area (Å²) in [6, 6.07) is 8.51. The van der Waals surface area contributed by atoms with Gasteiger partial charge < -0.3 is 18.9 Å². The second-order valence-electron chi connectivity index (χ2n) is 9.84. The van der Waals surface area contributed by atoms with Gasteiger partial charge in [0.25, 0.3) is 0 Å². The van der Waals surface area contributed by atoms with Crippen molar-refractivity contribution in [2.24, 2.45) is 0 Å². The van der Waals surface area contributed by atoms with Crippen molar-refractivity contribution in [2.75, 3.05) is 39.6 Å². The van der Waals surface area contributed by atoms with E-state index in [2.05, 4.69) is 148 Å². The highest BCUT2D eigenvalue weighted by Crippen LogP contribution is 2.44. The van der Waals surface area contributed by atoms with Crippen LogP contribution in [0.4, 0.5) is 0 Å². The van der Waals surface area contributed by atoms with E-state index >= 15 is 0 Å². The summed E-state index contributed by atoms with van der Waals surface area (Å²) in [4.78, 5) is 0.237. The van der Waals surface area contributed by atoms with E-state index in [1.165, 1.54) is 0 Å². The number of hydrogen-bond acceptors (Lipinski definition) is 4. The Morgan fingerprint density at radius 3 is 1.26 bits per heavy atom. The van der Waals surface area contributed by atoms with Gasteiger partial charge in [-0.15, -0.1) is 0 Å². The Morgan fingerprint density at radius 2 is 0.949 bits per heavy atom. The van der Waals surface area contributed by atoms with Crippen LogP contribution in [0.3, 0.4) is 0 Å². The summed E-state index contributed by atoms with van der Waals surface area (Å²) in [5, 5.41) is 0. The quantitative estimate of drug-likeness (QED) is 0.110. The summed E-state index contributed by atoms with van der Waals surface area (Å²) in [6.45, 7) is 12.5. The number of unbranched alkanes of at least 4 members (excludes halogenated alkanes) is 2. The minimum atomic E-state index is -0.288. The molecule has 0 saturated heterocycles. The predicted octanol–water partition coefficient (Wildman–Crippen LogP) is 11.0. The van der Waals surface area contributed by atoms with Crippen LogP contribution in [0.1, 0.15) is 64.5 Å². The fourth-order valence-electron chi connectivity index (χ4n) is 3.64. The van der Waals surface area contributed by atoms with E-state index in [0.717, 1.165) is 79.4 Å². The zero-order valence-corrected chi connectivity index (χ0v) is 32.5. The lowest BCUT2D eigenvalue weighted by molar-refractivity contribution is 0.122. The minimum absolute atomic E-state index is 0.119. The Hall–Kier alpha value is 0.840. The van der Waals surface area contributed by atoms with Crippen molar-refractivity contribution < 1.29 is 18.9 Å². The molecule has 0 saturated carbocycles. The van der Waals surface area contributed by atoms with Crippen molar-refractivity contribution in [3.05, 3.63) is 53.3 Å². The molecule has 2 aromatic rings. The van der Waals surface area contributed by atoms with Gasteiger partial charge in [-0.05, 0) is 112 Å². The third kappa shape index (κ3) is 11.8. The van der Waals surface area contributed by atoms with E-state index in [9.17, 15) is 0 Å². The largest absolute Gasteiger partial charge is 0.490 e. The third-order valence-electron chi connectivity index (χ3n) is 6.14. The van der Waals surface area contributed by atoms with Crippen LogP contribution in [-0.4, -0.2) is 49.3 Å². The Morgan fingerprint density at radius 1 is 0.615 bits per heavy atom. The third-order valence-corrected chi connectivity index (χ3v) is 9.55. The molecule has 2 atom stereocenters. The lowest BCUT2D eigenvalue weighted by atomic mass is 9.78. The van der Waals surface area contributed by atoms with E-state index in [4.69, 9.17) is 18.9 Å². The number of hydrogen-bond donors (Lipinski definition) is 0. The van der Waals surface area contributed by atoms with Crippen LogP contribution in [0.5, 0.6) is 11.5 Å². The van der Waals surface area contributed by atoms with Crippen molar-refractivity contribution in [3.63, 3.8) is 0 Å². The van der Waals surface area contributed by atoms with E-state index in [1.54, 1.807) is 0 Å². The van der Waals surface area contributed by atoms with Crippen molar-refractivity contribution >= 4 is 95.6 Å². The van der Waals surface area contributed by atoms with E-state index in [0.29, 0.717) is 26.4 Å². The zero-order valence-electron chi connectivity index (χ0n) is 22.9. The minimum Gasteiger partial charge on any atom is -0.490 e. The van der Waals surface area contributed by atoms with E-state index < -0.39 is 0 Å². The van der Waals surface area contributed by atoms with Crippen molar-refractivity contribution in [3.8, 4) is 11.5 Å². The molecule has 0 aliphatic rings. The van der Waals surface area contributed by atoms with Gasteiger partial charge >= 0.3 is 0 Å². The highest BCUT2D eigenvalue weighted by molar-refractivity contribution is 9.11. The maximum Gasteiger partial charge on any atom is 0.147 e. The maximum atomic E-state index is 6.13. The van der Waals surface area contributed by atoms with Crippen molar-refractivity contribution in [1.29, 1.82) is 0 Å². The second kappa shape index (κ2) is 18.5. The van der Waals surface area contributed by atoms with E-state index in [-0.39, 0.29) is 15.1 Å². The SMILES string of the molecule is CCCCOCC(Br)COc1c(Br)cc(C(C)(C)c2cc(Br)c(OCC(Br)COCCCC)c(Br)c2)cc1Br. The Bertz CT molecular complexity index is 907. The van der Waals surface area contributed by atoms with Crippen molar-refractivity contribution in [2.45, 2.75) is 68.4 Å². The topological polar surface area (TPSA) is 36.9 Å². The van der Waals surface area contributed by atoms with Crippen LogP contribution in [-0.2, 0) is 14.9 Å². The summed E-state index contributed by atoms with van der Waals surface area (Å²) < 4.78 is 27.3. The summed E-state index contributed by atoms with van der Waals surface area (Å²) in [6.07, 6.45) is 4.41. The first-order valence-electron chi connectivity index (χ1n) is 13.2.